The molecule has 0 atom stereocenters. The van der Waals surface area contributed by atoms with Gasteiger partial charge >= 0.3 is 5.97 Å². The third kappa shape index (κ3) is 3.36. The highest BCUT2D eigenvalue weighted by Crippen LogP contribution is 2.34. The maximum absolute atomic E-state index is 11.2. The summed E-state index contributed by atoms with van der Waals surface area (Å²) in [6.07, 6.45) is 0. The highest BCUT2D eigenvalue weighted by molar-refractivity contribution is 7.85. The highest BCUT2D eigenvalue weighted by Gasteiger charge is 2.19. The normalized spacial score (nSPS) is 11.3. The molecular weight excluding hydrogens is 348 g/mol. The lowest BCUT2D eigenvalue weighted by molar-refractivity contribution is 0.0691. The van der Waals surface area contributed by atoms with E-state index in [1.165, 1.54) is 19.2 Å². The van der Waals surface area contributed by atoms with Crippen LogP contribution in [0.4, 0.5) is 5.69 Å². The zero-order valence-corrected chi connectivity index (χ0v) is 13.2. The van der Waals surface area contributed by atoms with Crippen LogP contribution in [-0.4, -0.2) is 36.1 Å². The molecule has 0 bridgehead atoms. The molecule has 2 aromatic rings. The number of methoxy groups -OCH3 is 1. The SMILES string of the molecule is COc1cc(S(=O)(=O)O)ccc1-c1cc(N)c(Cl)c(C(=O)O)n1. The third-order valence-electron chi connectivity index (χ3n) is 2.94. The van der Waals surface area contributed by atoms with Gasteiger partial charge in [0.1, 0.15) is 5.75 Å². The van der Waals surface area contributed by atoms with Gasteiger partial charge in [-0.25, -0.2) is 9.78 Å². The van der Waals surface area contributed by atoms with Crippen LogP contribution >= 0.6 is 11.6 Å². The number of hydrogen-bond donors (Lipinski definition) is 3. The predicted octanol–water partition coefficient (Wildman–Crippen LogP) is 1.94. The van der Waals surface area contributed by atoms with Crippen molar-refractivity contribution in [1.29, 1.82) is 0 Å². The zero-order chi connectivity index (χ0) is 17.4. The lowest BCUT2D eigenvalue weighted by atomic mass is 10.1. The molecule has 0 saturated heterocycles. The Hall–Kier alpha value is -2.36. The molecule has 8 nitrogen and oxygen atoms in total. The number of hydrogen-bond acceptors (Lipinski definition) is 6. The Labute approximate surface area is 136 Å². The van der Waals surface area contributed by atoms with Gasteiger partial charge in [0.05, 0.1) is 28.4 Å². The molecule has 1 aromatic carbocycles. The van der Waals surface area contributed by atoms with E-state index in [9.17, 15) is 13.2 Å². The number of nitrogens with two attached hydrogens (primary N) is 1. The van der Waals surface area contributed by atoms with E-state index in [0.717, 1.165) is 12.1 Å². The number of aromatic carboxylic acids is 1. The molecule has 0 aliphatic heterocycles. The monoisotopic (exact) mass is 358 g/mol. The Kier molecular flexibility index (Phi) is 4.46. The van der Waals surface area contributed by atoms with Crippen LogP contribution in [0.3, 0.4) is 0 Å². The molecule has 122 valence electrons. The Morgan fingerprint density at radius 2 is 2.00 bits per heavy atom. The number of aromatic nitrogens is 1. The molecule has 0 aliphatic rings. The molecule has 10 heteroatoms. The van der Waals surface area contributed by atoms with Crippen LogP contribution in [0.15, 0.2) is 29.2 Å². The minimum atomic E-state index is -4.41. The van der Waals surface area contributed by atoms with E-state index in [-0.39, 0.29) is 32.6 Å². The van der Waals surface area contributed by atoms with E-state index >= 15 is 0 Å². The smallest absolute Gasteiger partial charge is 0.356 e. The van der Waals surface area contributed by atoms with Gasteiger partial charge in [-0.3, -0.25) is 4.55 Å². The van der Waals surface area contributed by atoms with Crippen molar-refractivity contribution < 1.29 is 27.6 Å². The summed E-state index contributed by atoms with van der Waals surface area (Å²) < 4.78 is 36.4. The van der Waals surface area contributed by atoms with Crippen molar-refractivity contribution in [2.45, 2.75) is 4.90 Å². The minimum Gasteiger partial charge on any atom is -0.496 e. The van der Waals surface area contributed by atoms with Crippen LogP contribution in [-0.2, 0) is 10.1 Å². The molecule has 0 saturated carbocycles. The summed E-state index contributed by atoms with van der Waals surface area (Å²) >= 11 is 5.79. The van der Waals surface area contributed by atoms with Crippen molar-refractivity contribution in [3.63, 3.8) is 0 Å². The number of pyridine rings is 1. The largest absolute Gasteiger partial charge is 0.496 e. The first-order valence-electron chi connectivity index (χ1n) is 6.00. The summed E-state index contributed by atoms with van der Waals surface area (Å²) in [6, 6.07) is 4.85. The minimum absolute atomic E-state index is 0.00465. The number of anilines is 1. The van der Waals surface area contributed by atoms with Gasteiger partial charge in [-0.1, -0.05) is 11.6 Å². The number of halogens is 1. The highest BCUT2D eigenvalue weighted by atomic mass is 35.5. The van der Waals surface area contributed by atoms with Gasteiger partial charge in [-0.05, 0) is 18.2 Å². The molecule has 0 fully saturated rings. The van der Waals surface area contributed by atoms with Crippen molar-refractivity contribution in [3.8, 4) is 17.0 Å². The van der Waals surface area contributed by atoms with Gasteiger partial charge in [-0.15, -0.1) is 0 Å². The van der Waals surface area contributed by atoms with Crippen molar-refractivity contribution in [3.05, 3.63) is 35.0 Å². The Morgan fingerprint density at radius 1 is 1.35 bits per heavy atom. The standard InChI is InChI=1S/C13H11ClN2O6S/c1-22-10-4-6(23(19,20)21)2-3-7(10)9-5-8(15)11(14)12(16-9)13(17)18/h2-5H,1H3,(H2,15,16)(H,17,18)(H,19,20,21). The van der Waals surface area contributed by atoms with E-state index in [1.54, 1.807) is 0 Å². The van der Waals surface area contributed by atoms with Crippen LogP contribution in [0.2, 0.25) is 5.02 Å². The Morgan fingerprint density at radius 3 is 2.52 bits per heavy atom. The molecule has 1 heterocycles. The van der Waals surface area contributed by atoms with E-state index < -0.39 is 21.8 Å². The first-order valence-corrected chi connectivity index (χ1v) is 7.82. The zero-order valence-electron chi connectivity index (χ0n) is 11.6. The van der Waals surface area contributed by atoms with E-state index in [1.807, 2.05) is 0 Å². The van der Waals surface area contributed by atoms with E-state index in [2.05, 4.69) is 4.98 Å². The summed E-state index contributed by atoms with van der Waals surface area (Å²) in [5, 5.41) is 8.89. The maximum Gasteiger partial charge on any atom is 0.356 e. The van der Waals surface area contributed by atoms with Crippen molar-refractivity contribution in [2.75, 3.05) is 12.8 Å². The average Bonchev–Trinajstić information content (AvgIpc) is 2.48. The second kappa shape index (κ2) is 6.03. The molecule has 1 aromatic heterocycles. The van der Waals surface area contributed by atoms with Crippen LogP contribution < -0.4 is 10.5 Å². The van der Waals surface area contributed by atoms with Crippen LogP contribution in [0.25, 0.3) is 11.3 Å². The second-order valence-electron chi connectivity index (χ2n) is 4.40. The Balaban J connectivity index is 2.70. The molecule has 23 heavy (non-hydrogen) atoms. The number of benzene rings is 1. The number of nitrogen functional groups attached to an aromatic ring is 1. The molecule has 0 radical (unpaired) electrons. The quantitative estimate of drug-likeness (QED) is 0.704. The molecular formula is C13H11ClN2O6S. The number of rotatable bonds is 4. The Bertz CT molecular complexity index is 898. The lowest BCUT2D eigenvalue weighted by Gasteiger charge is -2.11. The van der Waals surface area contributed by atoms with E-state index in [4.69, 9.17) is 31.7 Å². The van der Waals surface area contributed by atoms with Gasteiger partial charge in [0.25, 0.3) is 10.1 Å². The number of carbonyl (C=O) groups is 1. The van der Waals surface area contributed by atoms with Crippen molar-refractivity contribution >= 4 is 33.4 Å². The summed E-state index contributed by atoms with van der Waals surface area (Å²) in [5.74, 6) is -1.30. The molecule has 0 aliphatic carbocycles. The van der Waals surface area contributed by atoms with Gasteiger partial charge in [0, 0.05) is 11.6 Å². The predicted molar refractivity (Wildman–Crippen MR) is 82.4 cm³/mol. The lowest BCUT2D eigenvalue weighted by Crippen LogP contribution is -2.06. The number of carboxylic acid groups (broad SMARTS) is 1. The number of ether oxygens (including phenoxy) is 1. The molecule has 0 spiro atoms. The molecule has 2 rings (SSSR count). The number of nitrogens with zero attached hydrogens (tertiary/aromatic N) is 1. The summed E-state index contributed by atoms with van der Waals surface area (Å²) in [4.78, 5) is 14.7. The first kappa shape index (κ1) is 17.0. The van der Waals surface area contributed by atoms with Crippen LogP contribution in [0, 0.1) is 0 Å². The topological polar surface area (TPSA) is 140 Å². The molecule has 0 amide bonds. The summed E-state index contributed by atoms with van der Waals surface area (Å²) in [5.41, 5.74) is 5.64. The van der Waals surface area contributed by atoms with Crippen molar-refractivity contribution in [1.82, 2.24) is 4.98 Å². The fourth-order valence-corrected chi connectivity index (χ4v) is 2.55. The van der Waals surface area contributed by atoms with Crippen LogP contribution in [0.1, 0.15) is 10.5 Å². The fourth-order valence-electron chi connectivity index (χ4n) is 1.87. The van der Waals surface area contributed by atoms with Gasteiger partial charge in [0.2, 0.25) is 0 Å². The summed E-state index contributed by atoms with van der Waals surface area (Å²) in [6.45, 7) is 0. The average molecular weight is 359 g/mol. The fraction of sp³-hybridized carbons (Fsp3) is 0.0769. The summed E-state index contributed by atoms with van der Waals surface area (Å²) in [7, 11) is -3.13. The molecule has 4 N–H and O–H groups in total. The maximum atomic E-state index is 11.2. The van der Waals surface area contributed by atoms with Gasteiger partial charge < -0.3 is 15.6 Å². The molecule has 0 unspecified atom stereocenters. The van der Waals surface area contributed by atoms with Crippen molar-refractivity contribution in [2.24, 2.45) is 0 Å². The van der Waals surface area contributed by atoms with Gasteiger partial charge in [-0.2, -0.15) is 8.42 Å². The van der Waals surface area contributed by atoms with Gasteiger partial charge in [0.15, 0.2) is 5.69 Å². The van der Waals surface area contributed by atoms with Crippen LogP contribution in [0.5, 0.6) is 5.75 Å². The first-order chi connectivity index (χ1) is 10.6. The second-order valence-corrected chi connectivity index (χ2v) is 6.20. The number of carboxylic acids is 1. The third-order valence-corrected chi connectivity index (χ3v) is 4.18. The van der Waals surface area contributed by atoms with E-state index in [0.29, 0.717) is 0 Å².